The molecule has 2 aromatic carbocycles. The highest BCUT2D eigenvalue weighted by Gasteiger charge is 2.19. The molecule has 1 aliphatic rings. The molecule has 0 saturated carbocycles. The Labute approximate surface area is 140 Å². The first-order valence-corrected chi connectivity index (χ1v) is 7.64. The molecular weight excluding hydrogens is 302 g/mol. The van der Waals surface area contributed by atoms with Crippen molar-refractivity contribution in [3.05, 3.63) is 65.9 Å². The van der Waals surface area contributed by atoms with Gasteiger partial charge in [-0.25, -0.2) is 0 Å². The average Bonchev–Trinajstić information content (AvgIpc) is 3.03. The Morgan fingerprint density at radius 1 is 1.25 bits per heavy atom. The van der Waals surface area contributed by atoms with Crippen molar-refractivity contribution in [3.8, 4) is 11.8 Å². The van der Waals surface area contributed by atoms with Crippen molar-refractivity contribution in [2.45, 2.75) is 6.42 Å². The van der Waals surface area contributed by atoms with Crippen LogP contribution in [0.5, 0.6) is 5.75 Å². The van der Waals surface area contributed by atoms with E-state index in [1.807, 2.05) is 35.2 Å². The molecule has 5 nitrogen and oxygen atoms in total. The summed E-state index contributed by atoms with van der Waals surface area (Å²) in [4.78, 5) is 14.4. The summed E-state index contributed by atoms with van der Waals surface area (Å²) in [6.07, 6.45) is 2.51. The smallest absolute Gasteiger partial charge is 0.267 e. The Hall–Kier alpha value is -3.26. The van der Waals surface area contributed by atoms with Gasteiger partial charge >= 0.3 is 0 Å². The van der Waals surface area contributed by atoms with Crippen LogP contribution >= 0.6 is 0 Å². The summed E-state index contributed by atoms with van der Waals surface area (Å²) in [6, 6.07) is 17.1. The second kappa shape index (κ2) is 6.88. The molecule has 1 N–H and O–H groups in total. The Balaban J connectivity index is 1.82. The van der Waals surface area contributed by atoms with Crippen LogP contribution < -0.4 is 15.0 Å². The standard InChI is InChI=1S/C19H17N3O2/c1-24-18-9-5-3-7-16(18)21-19(23)15(12-20)13-22-11-10-14-6-2-4-8-17(14)22/h2-9,13H,10-11H2,1H3,(H,21,23)/b15-13-. The van der Waals surface area contributed by atoms with E-state index in [1.54, 1.807) is 24.4 Å². The highest BCUT2D eigenvalue weighted by atomic mass is 16.5. The van der Waals surface area contributed by atoms with Crippen molar-refractivity contribution in [1.29, 1.82) is 5.26 Å². The number of fused-ring (bicyclic) bond motifs is 1. The maximum absolute atomic E-state index is 12.4. The molecule has 0 aromatic heterocycles. The maximum atomic E-state index is 12.4. The largest absolute Gasteiger partial charge is 0.495 e. The number of nitrogens with zero attached hydrogens (tertiary/aromatic N) is 2. The molecule has 1 aliphatic heterocycles. The fraction of sp³-hybridized carbons (Fsp3) is 0.158. The summed E-state index contributed by atoms with van der Waals surface area (Å²) in [6.45, 7) is 0.756. The lowest BCUT2D eigenvalue weighted by Gasteiger charge is -2.15. The Kier molecular flexibility index (Phi) is 4.48. The molecule has 24 heavy (non-hydrogen) atoms. The lowest BCUT2D eigenvalue weighted by Crippen LogP contribution is -2.19. The molecule has 5 heteroatoms. The predicted octanol–water partition coefficient (Wildman–Crippen LogP) is 3.10. The topological polar surface area (TPSA) is 65.4 Å². The maximum Gasteiger partial charge on any atom is 0.267 e. The molecule has 0 unspecified atom stereocenters. The Morgan fingerprint density at radius 3 is 2.79 bits per heavy atom. The number of para-hydroxylation sites is 3. The third-order valence-electron chi connectivity index (χ3n) is 3.93. The number of nitriles is 1. The minimum atomic E-state index is -0.452. The number of hydrogen-bond acceptors (Lipinski definition) is 4. The van der Waals surface area contributed by atoms with Crippen molar-refractivity contribution in [2.75, 3.05) is 23.9 Å². The summed E-state index contributed by atoms with van der Waals surface area (Å²) < 4.78 is 5.21. The van der Waals surface area contributed by atoms with E-state index in [0.717, 1.165) is 18.7 Å². The SMILES string of the molecule is COc1ccccc1NC(=O)/C(C#N)=C\N1CCc2ccccc21. The highest BCUT2D eigenvalue weighted by Crippen LogP contribution is 2.28. The zero-order chi connectivity index (χ0) is 16.9. The van der Waals surface area contributed by atoms with Crippen molar-refractivity contribution in [1.82, 2.24) is 0 Å². The summed E-state index contributed by atoms with van der Waals surface area (Å²) in [5.74, 6) is 0.0982. The van der Waals surface area contributed by atoms with Gasteiger partial charge in [-0.2, -0.15) is 5.26 Å². The summed E-state index contributed by atoms with van der Waals surface area (Å²) in [5, 5.41) is 12.1. The van der Waals surface area contributed by atoms with Crippen LogP contribution in [-0.4, -0.2) is 19.6 Å². The number of carbonyl (C=O) groups is 1. The van der Waals surface area contributed by atoms with Crippen LogP contribution in [-0.2, 0) is 11.2 Å². The van der Waals surface area contributed by atoms with E-state index in [0.29, 0.717) is 11.4 Å². The van der Waals surface area contributed by atoms with Crippen LogP contribution in [0.15, 0.2) is 60.3 Å². The first-order chi connectivity index (χ1) is 11.7. The molecule has 0 fully saturated rings. The van der Waals surface area contributed by atoms with Crippen molar-refractivity contribution in [2.24, 2.45) is 0 Å². The fourth-order valence-electron chi connectivity index (χ4n) is 2.73. The number of hydrogen-bond donors (Lipinski definition) is 1. The fourth-order valence-corrected chi connectivity index (χ4v) is 2.73. The number of carbonyl (C=O) groups excluding carboxylic acids is 1. The summed E-state index contributed by atoms with van der Waals surface area (Å²) in [5.41, 5.74) is 2.84. The van der Waals surface area contributed by atoms with Gasteiger partial charge in [-0.05, 0) is 30.2 Å². The van der Waals surface area contributed by atoms with E-state index in [-0.39, 0.29) is 5.57 Å². The van der Waals surface area contributed by atoms with E-state index >= 15 is 0 Å². The lowest BCUT2D eigenvalue weighted by molar-refractivity contribution is -0.112. The van der Waals surface area contributed by atoms with Crippen LogP contribution in [0.3, 0.4) is 0 Å². The highest BCUT2D eigenvalue weighted by molar-refractivity contribution is 6.07. The monoisotopic (exact) mass is 319 g/mol. The van der Waals surface area contributed by atoms with Gasteiger partial charge in [0.1, 0.15) is 17.4 Å². The van der Waals surface area contributed by atoms with Gasteiger partial charge in [0, 0.05) is 18.4 Å². The molecule has 0 radical (unpaired) electrons. The average molecular weight is 319 g/mol. The van der Waals surface area contributed by atoms with Crippen LogP contribution in [0.4, 0.5) is 11.4 Å². The normalized spacial score (nSPS) is 13.2. The molecule has 0 saturated heterocycles. The molecule has 2 aromatic rings. The van der Waals surface area contributed by atoms with Crippen molar-refractivity contribution < 1.29 is 9.53 Å². The number of rotatable bonds is 4. The molecule has 0 aliphatic carbocycles. The number of nitrogens with one attached hydrogen (secondary N) is 1. The van der Waals surface area contributed by atoms with Crippen molar-refractivity contribution >= 4 is 17.3 Å². The molecule has 1 heterocycles. The first kappa shape index (κ1) is 15.6. The third-order valence-corrected chi connectivity index (χ3v) is 3.93. The quantitative estimate of drug-likeness (QED) is 0.694. The first-order valence-electron chi connectivity index (χ1n) is 7.64. The van der Waals surface area contributed by atoms with Gasteiger partial charge in [0.15, 0.2) is 0 Å². The Bertz CT molecular complexity index is 837. The van der Waals surface area contributed by atoms with Gasteiger partial charge in [0.25, 0.3) is 5.91 Å². The molecular formula is C19H17N3O2. The zero-order valence-electron chi connectivity index (χ0n) is 13.3. The van der Waals surface area contributed by atoms with Crippen LogP contribution in [0.2, 0.25) is 0 Å². The van der Waals surface area contributed by atoms with E-state index < -0.39 is 5.91 Å². The number of benzene rings is 2. The predicted molar refractivity (Wildman–Crippen MR) is 92.8 cm³/mol. The van der Waals surface area contributed by atoms with Gasteiger partial charge in [-0.15, -0.1) is 0 Å². The Morgan fingerprint density at radius 2 is 2.00 bits per heavy atom. The zero-order valence-corrected chi connectivity index (χ0v) is 13.3. The molecule has 3 rings (SSSR count). The number of amides is 1. The third kappa shape index (κ3) is 3.08. The van der Waals surface area contributed by atoms with E-state index in [9.17, 15) is 10.1 Å². The van der Waals surface area contributed by atoms with Gasteiger partial charge in [-0.3, -0.25) is 4.79 Å². The molecule has 0 bridgehead atoms. The minimum absolute atomic E-state index is 0.0533. The molecule has 0 atom stereocenters. The van der Waals surface area contributed by atoms with Gasteiger partial charge in [0.2, 0.25) is 0 Å². The van der Waals surface area contributed by atoms with Crippen molar-refractivity contribution in [3.63, 3.8) is 0 Å². The van der Waals surface area contributed by atoms with Crippen LogP contribution in [0.25, 0.3) is 0 Å². The number of ether oxygens (including phenoxy) is 1. The number of anilines is 2. The molecule has 0 spiro atoms. The van der Waals surface area contributed by atoms with E-state index in [4.69, 9.17) is 4.74 Å². The van der Waals surface area contributed by atoms with E-state index in [1.165, 1.54) is 12.7 Å². The minimum Gasteiger partial charge on any atom is -0.495 e. The van der Waals surface area contributed by atoms with Crippen LogP contribution in [0, 0.1) is 11.3 Å². The summed E-state index contributed by atoms with van der Waals surface area (Å²) in [7, 11) is 1.53. The summed E-state index contributed by atoms with van der Waals surface area (Å²) >= 11 is 0. The van der Waals surface area contributed by atoms with Gasteiger partial charge in [0.05, 0.1) is 12.8 Å². The van der Waals surface area contributed by atoms with Gasteiger partial charge in [-0.1, -0.05) is 30.3 Å². The number of methoxy groups -OCH3 is 1. The van der Waals surface area contributed by atoms with E-state index in [2.05, 4.69) is 11.4 Å². The molecule has 120 valence electrons. The van der Waals surface area contributed by atoms with Gasteiger partial charge < -0.3 is 15.0 Å². The lowest BCUT2D eigenvalue weighted by atomic mass is 10.2. The molecule has 1 amide bonds. The second-order valence-corrected chi connectivity index (χ2v) is 5.38. The second-order valence-electron chi connectivity index (χ2n) is 5.38. The van der Waals surface area contributed by atoms with Crippen LogP contribution in [0.1, 0.15) is 5.56 Å².